The Morgan fingerprint density at radius 2 is 2.06 bits per heavy atom. The van der Waals surface area contributed by atoms with Crippen LogP contribution in [0.25, 0.3) is 0 Å². The summed E-state index contributed by atoms with van der Waals surface area (Å²) < 4.78 is 13.5. The molecule has 0 fully saturated rings. The zero-order valence-corrected chi connectivity index (χ0v) is 9.43. The fourth-order valence-electron chi connectivity index (χ4n) is 1.80. The summed E-state index contributed by atoms with van der Waals surface area (Å²) in [6, 6.07) is 2.85. The topological polar surface area (TPSA) is 72.2 Å². The SMILES string of the molecule is O=C(NC1CC=CC1)c1cc([N+](=O)[O-])ccc1F. The zero-order chi connectivity index (χ0) is 13.1. The third kappa shape index (κ3) is 2.53. The molecule has 0 heterocycles. The first kappa shape index (κ1) is 12.2. The maximum Gasteiger partial charge on any atom is 0.270 e. The summed E-state index contributed by atoms with van der Waals surface area (Å²) in [5.74, 6) is -1.38. The van der Waals surface area contributed by atoms with Gasteiger partial charge in [-0.05, 0) is 18.9 Å². The van der Waals surface area contributed by atoms with Crippen molar-refractivity contribution in [3.05, 3.63) is 51.8 Å². The molecule has 0 atom stereocenters. The van der Waals surface area contributed by atoms with Gasteiger partial charge in [0.05, 0.1) is 10.5 Å². The summed E-state index contributed by atoms with van der Waals surface area (Å²) in [5.41, 5.74) is -0.595. The van der Waals surface area contributed by atoms with Crippen LogP contribution >= 0.6 is 0 Å². The molecule has 1 N–H and O–H groups in total. The van der Waals surface area contributed by atoms with Gasteiger partial charge >= 0.3 is 0 Å². The number of amides is 1. The molecule has 1 aliphatic rings. The van der Waals surface area contributed by atoms with Crippen LogP contribution in [0.15, 0.2) is 30.4 Å². The molecule has 0 bridgehead atoms. The van der Waals surface area contributed by atoms with E-state index in [-0.39, 0.29) is 17.3 Å². The van der Waals surface area contributed by atoms with Crippen molar-refractivity contribution >= 4 is 11.6 Å². The molecule has 94 valence electrons. The molecule has 18 heavy (non-hydrogen) atoms. The van der Waals surface area contributed by atoms with Crippen molar-refractivity contribution in [2.75, 3.05) is 0 Å². The Labute approximate surface area is 102 Å². The molecule has 1 aromatic carbocycles. The largest absolute Gasteiger partial charge is 0.349 e. The van der Waals surface area contributed by atoms with Gasteiger partial charge in [-0.15, -0.1) is 0 Å². The first-order valence-electron chi connectivity index (χ1n) is 5.47. The van der Waals surface area contributed by atoms with E-state index in [4.69, 9.17) is 0 Å². The number of hydrogen-bond donors (Lipinski definition) is 1. The zero-order valence-electron chi connectivity index (χ0n) is 9.43. The highest BCUT2D eigenvalue weighted by molar-refractivity contribution is 5.95. The standard InChI is InChI=1S/C12H11FN2O3/c13-11-6-5-9(15(17)18)7-10(11)12(16)14-8-3-1-2-4-8/h1-2,5-8H,3-4H2,(H,14,16). The number of non-ortho nitro benzene ring substituents is 1. The number of carbonyl (C=O) groups excluding carboxylic acids is 1. The third-order valence-corrected chi connectivity index (χ3v) is 2.75. The first-order chi connectivity index (χ1) is 8.58. The van der Waals surface area contributed by atoms with Crippen molar-refractivity contribution in [2.24, 2.45) is 0 Å². The molecule has 0 saturated heterocycles. The molecule has 2 rings (SSSR count). The number of benzene rings is 1. The number of nitro groups is 1. The van der Waals surface area contributed by atoms with Crippen molar-refractivity contribution in [1.29, 1.82) is 0 Å². The van der Waals surface area contributed by atoms with Crippen LogP contribution in [-0.4, -0.2) is 16.9 Å². The molecule has 0 aromatic heterocycles. The van der Waals surface area contributed by atoms with E-state index in [9.17, 15) is 19.3 Å². The lowest BCUT2D eigenvalue weighted by Crippen LogP contribution is -2.33. The average molecular weight is 250 g/mol. The van der Waals surface area contributed by atoms with Gasteiger partial charge in [-0.1, -0.05) is 12.2 Å². The van der Waals surface area contributed by atoms with E-state index >= 15 is 0 Å². The third-order valence-electron chi connectivity index (χ3n) is 2.75. The maximum absolute atomic E-state index is 13.5. The second kappa shape index (κ2) is 4.95. The first-order valence-corrected chi connectivity index (χ1v) is 5.47. The molecule has 5 nitrogen and oxygen atoms in total. The Bertz CT molecular complexity index is 520. The smallest absolute Gasteiger partial charge is 0.270 e. The van der Waals surface area contributed by atoms with Gasteiger partial charge in [0.2, 0.25) is 0 Å². The van der Waals surface area contributed by atoms with Crippen molar-refractivity contribution in [2.45, 2.75) is 18.9 Å². The van der Waals surface area contributed by atoms with E-state index in [2.05, 4.69) is 5.32 Å². The van der Waals surface area contributed by atoms with Gasteiger partial charge in [0.1, 0.15) is 5.82 Å². The van der Waals surface area contributed by atoms with Crippen LogP contribution in [0, 0.1) is 15.9 Å². The molecule has 0 saturated carbocycles. The number of nitrogens with one attached hydrogen (secondary N) is 1. The van der Waals surface area contributed by atoms with Crippen molar-refractivity contribution < 1.29 is 14.1 Å². The number of halogens is 1. The molecule has 0 radical (unpaired) electrons. The van der Waals surface area contributed by atoms with Crippen LogP contribution in [0.3, 0.4) is 0 Å². The molecular weight excluding hydrogens is 239 g/mol. The lowest BCUT2D eigenvalue weighted by Gasteiger charge is -2.12. The highest BCUT2D eigenvalue weighted by Crippen LogP contribution is 2.18. The van der Waals surface area contributed by atoms with Crippen LogP contribution in [-0.2, 0) is 0 Å². The summed E-state index contributed by atoms with van der Waals surface area (Å²) in [6.45, 7) is 0. The fraction of sp³-hybridized carbons (Fsp3) is 0.250. The summed E-state index contributed by atoms with van der Waals surface area (Å²) in [6.07, 6.45) is 5.24. The van der Waals surface area contributed by atoms with Crippen molar-refractivity contribution in [1.82, 2.24) is 5.32 Å². The predicted molar refractivity (Wildman–Crippen MR) is 62.7 cm³/mol. The highest BCUT2D eigenvalue weighted by Gasteiger charge is 2.20. The van der Waals surface area contributed by atoms with E-state index < -0.39 is 16.6 Å². The minimum Gasteiger partial charge on any atom is -0.349 e. The van der Waals surface area contributed by atoms with Gasteiger partial charge in [0.15, 0.2) is 0 Å². The fourth-order valence-corrected chi connectivity index (χ4v) is 1.80. The summed E-state index contributed by atoms with van der Waals surface area (Å²) in [5, 5.41) is 13.2. The monoisotopic (exact) mass is 250 g/mol. The van der Waals surface area contributed by atoms with E-state index in [1.807, 2.05) is 12.2 Å². The predicted octanol–water partition coefficient (Wildman–Crippen LogP) is 2.18. The number of nitro benzene ring substituents is 1. The summed E-state index contributed by atoms with van der Waals surface area (Å²) >= 11 is 0. The van der Waals surface area contributed by atoms with Gasteiger partial charge < -0.3 is 5.32 Å². The molecule has 0 spiro atoms. The second-order valence-electron chi connectivity index (χ2n) is 4.03. The van der Waals surface area contributed by atoms with E-state index in [1.165, 1.54) is 0 Å². The quantitative estimate of drug-likeness (QED) is 0.507. The minimum absolute atomic E-state index is 0.0591. The number of nitrogens with zero attached hydrogens (tertiary/aromatic N) is 1. The Balaban J connectivity index is 2.18. The number of hydrogen-bond acceptors (Lipinski definition) is 3. The van der Waals surface area contributed by atoms with Crippen molar-refractivity contribution in [3.8, 4) is 0 Å². The van der Waals surface area contributed by atoms with Crippen LogP contribution in [0.4, 0.5) is 10.1 Å². The van der Waals surface area contributed by atoms with E-state index in [0.717, 1.165) is 18.2 Å². The van der Waals surface area contributed by atoms with Gasteiger partial charge in [0, 0.05) is 18.2 Å². The number of rotatable bonds is 3. The average Bonchev–Trinajstić information content (AvgIpc) is 2.81. The van der Waals surface area contributed by atoms with Crippen LogP contribution < -0.4 is 5.32 Å². The van der Waals surface area contributed by atoms with Gasteiger partial charge in [-0.25, -0.2) is 4.39 Å². The van der Waals surface area contributed by atoms with Crippen LogP contribution in [0.1, 0.15) is 23.2 Å². The van der Waals surface area contributed by atoms with E-state index in [1.54, 1.807) is 0 Å². The normalized spacial score (nSPS) is 14.7. The highest BCUT2D eigenvalue weighted by atomic mass is 19.1. The molecule has 6 heteroatoms. The second-order valence-corrected chi connectivity index (χ2v) is 4.03. The van der Waals surface area contributed by atoms with Crippen LogP contribution in [0.5, 0.6) is 0 Å². The van der Waals surface area contributed by atoms with Crippen molar-refractivity contribution in [3.63, 3.8) is 0 Å². The summed E-state index contributed by atoms with van der Waals surface area (Å²) in [4.78, 5) is 21.7. The Kier molecular flexibility index (Phi) is 3.36. The lowest BCUT2D eigenvalue weighted by atomic mass is 10.1. The molecular formula is C12H11FN2O3. The van der Waals surface area contributed by atoms with Crippen LogP contribution in [0.2, 0.25) is 0 Å². The number of carbonyl (C=O) groups is 1. The Morgan fingerprint density at radius 1 is 1.39 bits per heavy atom. The molecule has 0 unspecified atom stereocenters. The van der Waals surface area contributed by atoms with E-state index in [0.29, 0.717) is 12.8 Å². The lowest BCUT2D eigenvalue weighted by molar-refractivity contribution is -0.384. The summed E-state index contributed by atoms with van der Waals surface area (Å²) in [7, 11) is 0. The Morgan fingerprint density at radius 3 is 2.67 bits per heavy atom. The molecule has 0 aliphatic heterocycles. The van der Waals surface area contributed by atoms with Gasteiger partial charge in [-0.2, -0.15) is 0 Å². The van der Waals surface area contributed by atoms with Gasteiger partial charge in [0.25, 0.3) is 11.6 Å². The molecule has 1 aromatic rings. The Hall–Kier alpha value is -2.24. The maximum atomic E-state index is 13.5. The minimum atomic E-state index is -0.760. The molecule has 1 amide bonds. The van der Waals surface area contributed by atoms with Gasteiger partial charge in [-0.3, -0.25) is 14.9 Å². The molecule has 1 aliphatic carbocycles.